The van der Waals surface area contributed by atoms with Crippen LogP contribution in [-0.4, -0.2) is 28.3 Å². The van der Waals surface area contributed by atoms with Crippen molar-refractivity contribution in [1.29, 1.82) is 0 Å². The molecule has 1 aliphatic heterocycles. The fraction of sp³-hybridized carbons (Fsp3) is 0.429. The van der Waals surface area contributed by atoms with E-state index in [9.17, 15) is 5.11 Å². The number of phenolic OH excluding ortho intramolecular Hbond substituents is 1. The van der Waals surface area contributed by atoms with Gasteiger partial charge in [0.05, 0.1) is 3.57 Å². The summed E-state index contributed by atoms with van der Waals surface area (Å²) in [5, 5.41) is 13.8. The van der Waals surface area contributed by atoms with Gasteiger partial charge in [-0.25, -0.2) is 0 Å². The predicted octanol–water partition coefficient (Wildman–Crippen LogP) is 3.43. The second kappa shape index (κ2) is 5.99. The van der Waals surface area contributed by atoms with Gasteiger partial charge in [0.15, 0.2) is 0 Å². The summed E-state index contributed by atoms with van der Waals surface area (Å²) in [6, 6.07) is 5.36. The summed E-state index contributed by atoms with van der Waals surface area (Å²) >= 11 is 2.08. The number of hydrogen-bond acceptors (Lipinski definition) is 5. The van der Waals surface area contributed by atoms with Gasteiger partial charge in [0.2, 0.25) is 0 Å². The molecule has 1 aliphatic rings. The molecule has 5 nitrogen and oxygen atoms in total. The summed E-state index contributed by atoms with van der Waals surface area (Å²) in [6.07, 6.45) is 4.89. The summed E-state index contributed by atoms with van der Waals surface area (Å²) in [5.41, 5.74) is 0.747. The average Bonchev–Trinajstić information content (AvgIpc) is 2.78. The first kappa shape index (κ1) is 13.7. The fourth-order valence-electron chi connectivity index (χ4n) is 2.38. The van der Waals surface area contributed by atoms with Crippen molar-refractivity contribution in [3.63, 3.8) is 0 Å². The van der Waals surface area contributed by atoms with Crippen LogP contribution in [0.5, 0.6) is 5.75 Å². The maximum atomic E-state index is 9.75. The van der Waals surface area contributed by atoms with E-state index in [4.69, 9.17) is 4.52 Å². The van der Waals surface area contributed by atoms with Crippen LogP contribution in [0.25, 0.3) is 11.5 Å². The molecule has 106 valence electrons. The summed E-state index contributed by atoms with van der Waals surface area (Å²) in [6.45, 7) is 1.97. The summed E-state index contributed by atoms with van der Waals surface area (Å²) in [5.74, 6) is 1.34. The number of hydrogen-bond donors (Lipinski definition) is 1. The minimum absolute atomic E-state index is 0.234. The Morgan fingerprint density at radius 2 is 1.90 bits per heavy atom. The maximum Gasteiger partial charge on any atom is 0.266 e. The minimum atomic E-state index is 0.234. The second-order valence-electron chi connectivity index (χ2n) is 4.97. The standard InChI is InChI=1S/C14H16IN3O2/c15-11-6-5-10(9-12(11)19)13-16-14(17-20-13)18-7-3-1-2-4-8-18/h5-6,9,19H,1-4,7-8H2. The predicted molar refractivity (Wildman–Crippen MR) is 84.8 cm³/mol. The van der Waals surface area contributed by atoms with Crippen molar-refractivity contribution >= 4 is 28.5 Å². The minimum Gasteiger partial charge on any atom is -0.507 e. The monoisotopic (exact) mass is 385 g/mol. The molecule has 3 rings (SSSR count). The SMILES string of the molecule is Oc1cc(-c2nc(N3CCCCCC3)no2)ccc1I. The molecule has 0 radical (unpaired) electrons. The van der Waals surface area contributed by atoms with Crippen molar-refractivity contribution in [2.75, 3.05) is 18.0 Å². The Kier molecular flexibility index (Phi) is 4.09. The first-order valence-electron chi connectivity index (χ1n) is 6.81. The molecule has 1 aromatic carbocycles. The molecule has 0 atom stereocenters. The fourth-order valence-corrected chi connectivity index (χ4v) is 2.71. The van der Waals surface area contributed by atoms with E-state index in [1.54, 1.807) is 6.07 Å². The molecule has 6 heteroatoms. The highest BCUT2D eigenvalue weighted by atomic mass is 127. The van der Waals surface area contributed by atoms with E-state index in [-0.39, 0.29) is 5.75 Å². The molecule has 0 amide bonds. The van der Waals surface area contributed by atoms with Crippen LogP contribution >= 0.6 is 22.6 Å². The summed E-state index contributed by atoms with van der Waals surface area (Å²) in [4.78, 5) is 6.62. The van der Waals surface area contributed by atoms with Gasteiger partial charge < -0.3 is 14.5 Å². The molecule has 1 N–H and O–H groups in total. The molecular formula is C14H16IN3O2. The van der Waals surface area contributed by atoms with E-state index in [1.165, 1.54) is 25.7 Å². The number of benzene rings is 1. The van der Waals surface area contributed by atoms with Crippen molar-refractivity contribution in [2.45, 2.75) is 25.7 Å². The Morgan fingerprint density at radius 1 is 1.15 bits per heavy atom. The van der Waals surface area contributed by atoms with Crippen LogP contribution < -0.4 is 4.90 Å². The van der Waals surface area contributed by atoms with Crippen LogP contribution in [0.1, 0.15) is 25.7 Å². The number of rotatable bonds is 2. The van der Waals surface area contributed by atoms with Crippen molar-refractivity contribution in [3.8, 4) is 17.2 Å². The van der Waals surface area contributed by atoms with Gasteiger partial charge in [-0.05, 0) is 58.8 Å². The van der Waals surface area contributed by atoms with Gasteiger partial charge in [0.1, 0.15) is 5.75 Å². The smallest absolute Gasteiger partial charge is 0.266 e. The van der Waals surface area contributed by atoms with Gasteiger partial charge >= 0.3 is 0 Å². The third-order valence-corrected chi connectivity index (χ3v) is 4.41. The molecular weight excluding hydrogens is 369 g/mol. The van der Waals surface area contributed by atoms with Gasteiger partial charge in [-0.3, -0.25) is 0 Å². The van der Waals surface area contributed by atoms with Crippen LogP contribution in [0.2, 0.25) is 0 Å². The molecule has 0 saturated carbocycles. The molecule has 20 heavy (non-hydrogen) atoms. The Bertz CT molecular complexity index is 592. The third kappa shape index (κ3) is 2.89. The number of nitrogens with zero attached hydrogens (tertiary/aromatic N) is 3. The van der Waals surface area contributed by atoms with E-state index in [0.717, 1.165) is 22.2 Å². The Hall–Kier alpha value is -1.31. The lowest BCUT2D eigenvalue weighted by Gasteiger charge is -2.16. The van der Waals surface area contributed by atoms with Gasteiger partial charge in [-0.1, -0.05) is 12.8 Å². The van der Waals surface area contributed by atoms with Crippen LogP contribution in [-0.2, 0) is 0 Å². The number of aromatic hydroxyl groups is 1. The summed E-state index contributed by atoms with van der Waals surface area (Å²) < 4.78 is 6.13. The number of halogens is 1. The van der Waals surface area contributed by atoms with E-state index in [2.05, 4.69) is 37.6 Å². The average molecular weight is 385 g/mol. The molecule has 2 aromatic rings. The Morgan fingerprint density at radius 3 is 2.60 bits per heavy atom. The van der Waals surface area contributed by atoms with Gasteiger partial charge in [0, 0.05) is 18.7 Å². The lowest BCUT2D eigenvalue weighted by atomic mass is 10.2. The molecule has 1 aromatic heterocycles. The Labute approximate surface area is 131 Å². The first-order valence-corrected chi connectivity index (χ1v) is 7.89. The third-order valence-electron chi connectivity index (χ3n) is 3.50. The number of aromatic nitrogens is 2. The van der Waals surface area contributed by atoms with Crippen LogP contribution in [0.15, 0.2) is 22.7 Å². The lowest BCUT2D eigenvalue weighted by Crippen LogP contribution is -2.24. The topological polar surface area (TPSA) is 62.4 Å². The highest BCUT2D eigenvalue weighted by Gasteiger charge is 2.17. The van der Waals surface area contributed by atoms with Crippen LogP contribution in [0.3, 0.4) is 0 Å². The largest absolute Gasteiger partial charge is 0.507 e. The summed E-state index contributed by atoms with van der Waals surface area (Å²) in [7, 11) is 0. The maximum absolute atomic E-state index is 9.75. The Balaban J connectivity index is 1.83. The zero-order chi connectivity index (χ0) is 13.9. The van der Waals surface area contributed by atoms with Crippen LogP contribution in [0.4, 0.5) is 5.95 Å². The van der Waals surface area contributed by atoms with E-state index < -0.39 is 0 Å². The molecule has 0 unspecified atom stereocenters. The van der Waals surface area contributed by atoms with Crippen molar-refractivity contribution in [2.24, 2.45) is 0 Å². The molecule has 0 aliphatic carbocycles. The van der Waals surface area contributed by atoms with E-state index in [1.807, 2.05) is 12.1 Å². The molecule has 0 spiro atoms. The first-order chi connectivity index (χ1) is 9.74. The van der Waals surface area contributed by atoms with E-state index in [0.29, 0.717) is 11.8 Å². The molecule has 1 saturated heterocycles. The van der Waals surface area contributed by atoms with Crippen molar-refractivity contribution < 1.29 is 9.63 Å². The normalized spacial score (nSPS) is 16.1. The zero-order valence-electron chi connectivity index (χ0n) is 11.0. The van der Waals surface area contributed by atoms with E-state index >= 15 is 0 Å². The lowest BCUT2D eigenvalue weighted by molar-refractivity contribution is 0.428. The highest BCUT2D eigenvalue weighted by Crippen LogP contribution is 2.27. The molecule has 0 bridgehead atoms. The highest BCUT2D eigenvalue weighted by molar-refractivity contribution is 14.1. The van der Waals surface area contributed by atoms with Gasteiger partial charge in [0.25, 0.3) is 11.8 Å². The quantitative estimate of drug-likeness (QED) is 0.803. The number of anilines is 1. The molecule has 2 heterocycles. The van der Waals surface area contributed by atoms with Crippen LogP contribution in [0, 0.1) is 3.57 Å². The van der Waals surface area contributed by atoms with Crippen molar-refractivity contribution in [1.82, 2.24) is 10.1 Å². The molecule has 1 fully saturated rings. The zero-order valence-corrected chi connectivity index (χ0v) is 13.2. The second-order valence-corrected chi connectivity index (χ2v) is 6.13. The number of phenols is 1. The van der Waals surface area contributed by atoms with Gasteiger partial charge in [-0.15, -0.1) is 0 Å². The van der Waals surface area contributed by atoms with Crippen molar-refractivity contribution in [3.05, 3.63) is 21.8 Å². The van der Waals surface area contributed by atoms with Gasteiger partial charge in [-0.2, -0.15) is 4.98 Å².